The standard InChI is InChI=1S/C16H12ClFN2O2S/c1-8(21)5-20-6-11(14-7-23-9(2)19-14)16(22)10-3-13(18)12(17)4-15(10)20/h3-4,6-7H,5H2,1-2H3. The first-order valence-electron chi connectivity index (χ1n) is 6.81. The van der Waals surface area contributed by atoms with E-state index >= 15 is 0 Å². The predicted molar refractivity (Wildman–Crippen MR) is 89.7 cm³/mol. The van der Waals surface area contributed by atoms with E-state index in [-0.39, 0.29) is 28.2 Å². The van der Waals surface area contributed by atoms with E-state index in [4.69, 9.17) is 11.6 Å². The van der Waals surface area contributed by atoms with E-state index in [0.717, 1.165) is 11.1 Å². The number of aromatic nitrogens is 2. The zero-order valence-corrected chi connectivity index (χ0v) is 14.0. The quantitative estimate of drug-likeness (QED) is 0.721. The van der Waals surface area contributed by atoms with E-state index in [1.54, 1.807) is 16.1 Å². The maximum Gasteiger partial charge on any atom is 0.198 e. The first-order valence-corrected chi connectivity index (χ1v) is 8.06. The van der Waals surface area contributed by atoms with Gasteiger partial charge >= 0.3 is 0 Å². The molecule has 118 valence electrons. The van der Waals surface area contributed by atoms with Crippen LogP contribution in [0.15, 0.2) is 28.5 Å². The van der Waals surface area contributed by atoms with E-state index in [0.29, 0.717) is 16.8 Å². The van der Waals surface area contributed by atoms with Crippen molar-refractivity contribution in [2.45, 2.75) is 20.4 Å². The predicted octanol–water partition coefficient (Wildman–Crippen LogP) is 3.81. The van der Waals surface area contributed by atoms with Gasteiger partial charge in [0.1, 0.15) is 11.6 Å². The van der Waals surface area contributed by atoms with Crippen LogP contribution in [0.25, 0.3) is 22.2 Å². The van der Waals surface area contributed by atoms with Crippen LogP contribution in [-0.4, -0.2) is 15.3 Å². The number of fused-ring (bicyclic) bond motifs is 1. The van der Waals surface area contributed by atoms with Crippen molar-refractivity contribution in [3.8, 4) is 11.3 Å². The van der Waals surface area contributed by atoms with Gasteiger partial charge in [-0.25, -0.2) is 9.37 Å². The van der Waals surface area contributed by atoms with Crippen LogP contribution in [0.4, 0.5) is 4.39 Å². The largest absolute Gasteiger partial charge is 0.339 e. The molecule has 0 saturated heterocycles. The van der Waals surface area contributed by atoms with Crippen molar-refractivity contribution < 1.29 is 9.18 Å². The van der Waals surface area contributed by atoms with Crippen LogP contribution >= 0.6 is 22.9 Å². The van der Waals surface area contributed by atoms with Crippen LogP contribution in [0.2, 0.25) is 5.02 Å². The van der Waals surface area contributed by atoms with Crippen LogP contribution in [0, 0.1) is 12.7 Å². The summed E-state index contributed by atoms with van der Waals surface area (Å²) in [5.41, 5.74) is 0.949. The molecule has 0 atom stereocenters. The Hall–Kier alpha value is -2.05. The molecule has 0 spiro atoms. The molecule has 0 saturated carbocycles. The van der Waals surface area contributed by atoms with E-state index < -0.39 is 5.82 Å². The Balaban J connectivity index is 2.38. The van der Waals surface area contributed by atoms with Crippen LogP contribution in [0.3, 0.4) is 0 Å². The molecule has 3 aromatic rings. The van der Waals surface area contributed by atoms with Crippen LogP contribution in [0.5, 0.6) is 0 Å². The summed E-state index contributed by atoms with van der Waals surface area (Å²) in [5.74, 6) is -0.756. The number of hydrogen-bond donors (Lipinski definition) is 0. The van der Waals surface area contributed by atoms with E-state index in [1.165, 1.54) is 24.3 Å². The van der Waals surface area contributed by atoms with Crippen molar-refractivity contribution in [1.82, 2.24) is 9.55 Å². The Labute approximate surface area is 140 Å². The summed E-state index contributed by atoms with van der Waals surface area (Å²) < 4.78 is 15.4. The third-order valence-corrected chi connectivity index (χ3v) is 4.47. The lowest BCUT2D eigenvalue weighted by Crippen LogP contribution is -2.15. The molecule has 2 aromatic heterocycles. The van der Waals surface area contributed by atoms with E-state index in [9.17, 15) is 14.0 Å². The van der Waals surface area contributed by atoms with Gasteiger partial charge in [-0.3, -0.25) is 9.59 Å². The Morgan fingerprint density at radius 1 is 1.43 bits per heavy atom. The number of aryl methyl sites for hydroxylation is 1. The second-order valence-corrected chi connectivity index (χ2v) is 6.71. The number of ketones is 1. The average molecular weight is 351 g/mol. The molecule has 0 aliphatic carbocycles. The second-order valence-electron chi connectivity index (χ2n) is 5.24. The third kappa shape index (κ3) is 2.92. The summed E-state index contributed by atoms with van der Waals surface area (Å²) in [4.78, 5) is 28.5. The van der Waals surface area contributed by atoms with E-state index in [2.05, 4.69) is 4.98 Å². The minimum Gasteiger partial charge on any atom is -0.339 e. The molecule has 0 unspecified atom stereocenters. The summed E-state index contributed by atoms with van der Waals surface area (Å²) in [6.07, 6.45) is 1.58. The fourth-order valence-electron chi connectivity index (χ4n) is 2.43. The number of halogens is 2. The van der Waals surface area contributed by atoms with Crippen molar-refractivity contribution in [1.29, 1.82) is 0 Å². The lowest BCUT2D eigenvalue weighted by Gasteiger charge is -2.12. The normalized spacial score (nSPS) is 11.1. The summed E-state index contributed by atoms with van der Waals surface area (Å²) >= 11 is 7.24. The van der Waals surface area contributed by atoms with Crippen molar-refractivity contribution >= 4 is 39.6 Å². The van der Waals surface area contributed by atoms with Crippen molar-refractivity contribution in [2.24, 2.45) is 0 Å². The van der Waals surface area contributed by atoms with Gasteiger partial charge in [-0.05, 0) is 26.0 Å². The molecule has 1 aromatic carbocycles. The molecule has 0 aliphatic heterocycles. The number of nitrogens with zero attached hydrogens (tertiary/aromatic N) is 2. The van der Waals surface area contributed by atoms with Gasteiger partial charge in [-0.1, -0.05) is 11.6 Å². The van der Waals surface area contributed by atoms with Gasteiger partial charge in [0.05, 0.1) is 33.3 Å². The van der Waals surface area contributed by atoms with Crippen molar-refractivity contribution in [3.05, 3.63) is 49.8 Å². The summed E-state index contributed by atoms with van der Waals surface area (Å²) in [6.45, 7) is 3.35. The Morgan fingerprint density at radius 2 is 2.17 bits per heavy atom. The molecule has 0 aliphatic rings. The zero-order valence-electron chi connectivity index (χ0n) is 12.4. The molecule has 3 rings (SSSR count). The molecule has 7 heteroatoms. The number of Topliss-reactive ketones (excluding diaryl/α,β-unsaturated/α-hetero) is 1. The Morgan fingerprint density at radius 3 is 2.78 bits per heavy atom. The molecule has 0 fully saturated rings. The number of thiazole rings is 1. The van der Waals surface area contributed by atoms with Gasteiger partial charge in [0.15, 0.2) is 5.43 Å². The summed E-state index contributed by atoms with van der Waals surface area (Å²) in [5, 5.41) is 2.67. The molecule has 2 heterocycles. The number of pyridine rings is 1. The number of carbonyl (C=O) groups is 1. The smallest absolute Gasteiger partial charge is 0.198 e. The van der Waals surface area contributed by atoms with Crippen molar-refractivity contribution in [3.63, 3.8) is 0 Å². The fourth-order valence-corrected chi connectivity index (χ4v) is 3.20. The zero-order chi connectivity index (χ0) is 16.7. The number of benzene rings is 1. The van der Waals surface area contributed by atoms with Gasteiger partial charge < -0.3 is 4.57 Å². The van der Waals surface area contributed by atoms with Gasteiger partial charge in [0.2, 0.25) is 0 Å². The molecule has 0 N–H and O–H groups in total. The fraction of sp³-hybridized carbons (Fsp3) is 0.188. The third-order valence-electron chi connectivity index (χ3n) is 3.41. The SMILES string of the molecule is CC(=O)Cn1cc(-c2csc(C)n2)c(=O)c2cc(F)c(Cl)cc21. The Kier molecular flexibility index (Phi) is 4.04. The highest BCUT2D eigenvalue weighted by molar-refractivity contribution is 7.09. The van der Waals surface area contributed by atoms with Gasteiger partial charge in [-0.15, -0.1) is 11.3 Å². The molecule has 0 amide bonds. The Bertz CT molecular complexity index is 994. The summed E-state index contributed by atoms with van der Waals surface area (Å²) in [6, 6.07) is 2.48. The lowest BCUT2D eigenvalue weighted by atomic mass is 10.1. The van der Waals surface area contributed by atoms with Gasteiger partial charge in [-0.2, -0.15) is 0 Å². The highest BCUT2D eigenvalue weighted by Crippen LogP contribution is 2.25. The highest BCUT2D eigenvalue weighted by Gasteiger charge is 2.16. The average Bonchev–Trinajstić information content (AvgIpc) is 2.90. The first kappa shape index (κ1) is 15.8. The maximum atomic E-state index is 13.8. The van der Waals surface area contributed by atoms with Gasteiger partial charge in [0.25, 0.3) is 0 Å². The topological polar surface area (TPSA) is 52.0 Å². The van der Waals surface area contributed by atoms with Crippen LogP contribution in [-0.2, 0) is 11.3 Å². The maximum absolute atomic E-state index is 13.8. The molecule has 0 radical (unpaired) electrons. The molecule has 0 bridgehead atoms. The molecule has 23 heavy (non-hydrogen) atoms. The number of rotatable bonds is 3. The first-order chi connectivity index (χ1) is 10.9. The van der Waals surface area contributed by atoms with E-state index in [1.807, 2.05) is 6.92 Å². The second kappa shape index (κ2) is 5.86. The monoisotopic (exact) mass is 350 g/mol. The number of carbonyl (C=O) groups excluding carboxylic acids is 1. The van der Waals surface area contributed by atoms with Crippen LogP contribution in [0.1, 0.15) is 11.9 Å². The van der Waals surface area contributed by atoms with Gasteiger partial charge in [0, 0.05) is 17.0 Å². The lowest BCUT2D eigenvalue weighted by molar-refractivity contribution is -0.117. The summed E-state index contributed by atoms with van der Waals surface area (Å²) in [7, 11) is 0. The highest BCUT2D eigenvalue weighted by atomic mass is 35.5. The minimum absolute atomic E-state index is 0.0643. The minimum atomic E-state index is -0.669. The van der Waals surface area contributed by atoms with Crippen LogP contribution < -0.4 is 5.43 Å². The molecular formula is C16H12ClFN2O2S. The molecule has 4 nitrogen and oxygen atoms in total. The van der Waals surface area contributed by atoms with Crippen molar-refractivity contribution in [2.75, 3.05) is 0 Å². The molecular weight excluding hydrogens is 339 g/mol. The number of hydrogen-bond acceptors (Lipinski definition) is 4.